The van der Waals surface area contributed by atoms with Gasteiger partial charge in [-0.2, -0.15) is 5.10 Å². The molecule has 0 radical (unpaired) electrons. The van der Waals surface area contributed by atoms with Crippen molar-refractivity contribution in [1.29, 1.82) is 0 Å². The standard InChI is InChI=1S/C9H12N4O2/c1-12-8-2-4-11-13(8)5-3-7(9(12)15)10-6-14/h2,4,6-7H,3,5H2,1H3,(H,10,14). The molecule has 1 N–H and O–H groups in total. The molecule has 0 aromatic carbocycles. The number of aromatic nitrogens is 2. The number of carbonyl (C=O) groups is 2. The Morgan fingerprint density at radius 3 is 3.20 bits per heavy atom. The molecule has 1 unspecified atom stereocenters. The Bertz CT molecular complexity index is 387. The molecular weight excluding hydrogens is 196 g/mol. The summed E-state index contributed by atoms with van der Waals surface area (Å²) in [6.07, 6.45) is 2.79. The minimum atomic E-state index is -0.450. The van der Waals surface area contributed by atoms with Crippen molar-refractivity contribution in [3.05, 3.63) is 12.3 Å². The van der Waals surface area contributed by atoms with Crippen LogP contribution in [0, 0.1) is 0 Å². The van der Waals surface area contributed by atoms with Crippen LogP contribution in [0.25, 0.3) is 0 Å². The van der Waals surface area contributed by atoms with Gasteiger partial charge in [0, 0.05) is 19.7 Å². The number of nitrogens with one attached hydrogen (secondary N) is 1. The number of amides is 2. The van der Waals surface area contributed by atoms with Crippen molar-refractivity contribution in [3.63, 3.8) is 0 Å². The van der Waals surface area contributed by atoms with E-state index in [1.807, 2.05) is 0 Å². The van der Waals surface area contributed by atoms with E-state index in [2.05, 4.69) is 10.4 Å². The summed E-state index contributed by atoms with van der Waals surface area (Å²) in [7, 11) is 1.68. The van der Waals surface area contributed by atoms with Crippen LogP contribution in [0.15, 0.2) is 12.3 Å². The summed E-state index contributed by atoms with van der Waals surface area (Å²) in [6.45, 7) is 0.629. The monoisotopic (exact) mass is 208 g/mol. The largest absolute Gasteiger partial charge is 0.347 e. The van der Waals surface area contributed by atoms with Gasteiger partial charge < -0.3 is 5.32 Å². The normalized spacial score (nSPS) is 20.7. The molecule has 1 aliphatic heterocycles. The molecule has 2 heterocycles. The third kappa shape index (κ3) is 1.58. The van der Waals surface area contributed by atoms with E-state index in [0.29, 0.717) is 19.4 Å². The maximum Gasteiger partial charge on any atom is 0.250 e. The first-order valence-electron chi connectivity index (χ1n) is 4.73. The van der Waals surface area contributed by atoms with Crippen LogP contribution in [0.3, 0.4) is 0 Å². The van der Waals surface area contributed by atoms with Gasteiger partial charge in [0.2, 0.25) is 6.41 Å². The topological polar surface area (TPSA) is 67.2 Å². The SMILES string of the molecule is CN1C(=O)C(NC=O)CCn2nccc21. The average Bonchev–Trinajstić information content (AvgIpc) is 2.66. The summed E-state index contributed by atoms with van der Waals surface area (Å²) in [5, 5.41) is 6.62. The fourth-order valence-electron chi connectivity index (χ4n) is 1.74. The lowest BCUT2D eigenvalue weighted by molar-refractivity contribution is -0.122. The van der Waals surface area contributed by atoms with Crippen molar-refractivity contribution >= 4 is 18.1 Å². The number of carbonyl (C=O) groups excluding carboxylic acids is 2. The molecule has 2 rings (SSSR count). The number of rotatable bonds is 2. The first kappa shape index (κ1) is 9.70. The van der Waals surface area contributed by atoms with E-state index in [1.54, 1.807) is 24.0 Å². The van der Waals surface area contributed by atoms with E-state index < -0.39 is 6.04 Å². The smallest absolute Gasteiger partial charge is 0.250 e. The van der Waals surface area contributed by atoms with Gasteiger partial charge >= 0.3 is 0 Å². The highest BCUT2D eigenvalue weighted by molar-refractivity contribution is 5.97. The second-order valence-corrected chi connectivity index (χ2v) is 3.44. The second kappa shape index (κ2) is 3.72. The molecule has 0 saturated heterocycles. The molecule has 0 bridgehead atoms. The summed E-state index contributed by atoms with van der Waals surface area (Å²) in [4.78, 5) is 23.7. The van der Waals surface area contributed by atoms with Gasteiger partial charge in [-0.25, -0.2) is 4.68 Å². The molecule has 0 aliphatic carbocycles. The molecule has 1 atom stereocenters. The average molecular weight is 208 g/mol. The minimum absolute atomic E-state index is 0.110. The molecule has 0 fully saturated rings. The third-order valence-electron chi connectivity index (χ3n) is 2.57. The van der Waals surface area contributed by atoms with Crippen LogP contribution < -0.4 is 10.2 Å². The van der Waals surface area contributed by atoms with Gasteiger partial charge in [-0.15, -0.1) is 0 Å². The Kier molecular flexibility index (Phi) is 2.40. The van der Waals surface area contributed by atoms with Crippen molar-refractivity contribution < 1.29 is 9.59 Å². The number of nitrogens with zero attached hydrogens (tertiary/aromatic N) is 3. The van der Waals surface area contributed by atoms with Crippen LogP contribution in [0.5, 0.6) is 0 Å². The quantitative estimate of drug-likeness (QED) is 0.658. The van der Waals surface area contributed by atoms with Gasteiger partial charge in [0.25, 0.3) is 5.91 Å². The summed E-state index contributed by atoms with van der Waals surface area (Å²) >= 11 is 0. The molecule has 1 aromatic rings. The van der Waals surface area contributed by atoms with E-state index in [-0.39, 0.29) is 5.91 Å². The Hall–Kier alpha value is -1.85. The highest BCUT2D eigenvalue weighted by Gasteiger charge is 2.27. The van der Waals surface area contributed by atoms with Gasteiger partial charge in [-0.05, 0) is 6.42 Å². The first-order chi connectivity index (χ1) is 7.24. The number of aryl methyl sites for hydroxylation is 1. The fraction of sp³-hybridized carbons (Fsp3) is 0.444. The van der Waals surface area contributed by atoms with Crippen LogP contribution >= 0.6 is 0 Å². The van der Waals surface area contributed by atoms with Crippen molar-refractivity contribution in [2.75, 3.05) is 11.9 Å². The third-order valence-corrected chi connectivity index (χ3v) is 2.57. The molecular formula is C9H12N4O2. The van der Waals surface area contributed by atoms with Gasteiger partial charge in [-0.3, -0.25) is 14.5 Å². The highest BCUT2D eigenvalue weighted by Crippen LogP contribution is 2.18. The van der Waals surface area contributed by atoms with Crippen LogP contribution in [0.4, 0.5) is 5.82 Å². The van der Waals surface area contributed by atoms with Crippen LogP contribution in [0.1, 0.15) is 6.42 Å². The van der Waals surface area contributed by atoms with Crippen LogP contribution in [-0.2, 0) is 16.1 Å². The first-order valence-corrected chi connectivity index (χ1v) is 4.73. The zero-order chi connectivity index (χ0) is 10.8. The Balaban J connectivity index is 2.28. The lowest BCUT2D eigenvalue weighted by Crippen LogP contribution is -2.43. The van der Waals surface area contributed by atoms with E-state index >= 15 is 0 Å². The molecule has 80 valence electrons. The zero-order valence-corrected chi connectivity index (χ0v) is 8.38. The Labute approximate surface area is 86.9 Å². The number of likely N-dealkylation sites (N-methyl/N-ethyl adjacent to an activating group) is 1. The molecule has 1 aromatic heterocycles. The number of fused-ring (bicyclic) bond motifs is 1. The molecule has 1 aliphatic rings. The molecule has 0 spiro atoms. The van der Waals surface area contributed by atoms with Crippen molar-refractivity contribution in [2.24, 2.45) is 0 Å². The fourth-order valence-corrected chi connectivity index (χ4v) is 1.74. The zero-order valence-electron chi connectivity index (χ0n) is 8.38. The van der Waals surface area contributed by atoms with Crippen molar-refractivity contribution in [3.8, 4) is 0 Å². The Morgan fingerprint density at radius 2 is 2.47 bits per heavy atom. The van der Waals surface area contributed by atoms with Gasteiger partial charge in [-0.1, -0.05) is 0 Å². The minimum Gasteiger partial charge on any atom is -0.347 e. The van der Waals surface area contributed by atoms with Crippen molar-refractivity contribution in [2.45, 2.75) is 19.0 Å². The van der Waals surface area contributed by atoms with Crippen LogP contribution in [0.2, 0.25) is 0 Å². The molecule has 15 heavy (non-hydrogen) atoms. The van der Waals surface area contributed by atoms with Gasteiger partial charge in [0.1, 0.15) is 11.9 Å². The maximum absolute atomic E-state index is 11.9. The van der Waals surface area contributed by atoms with Crippen LogP contribution in [-0.4, -0.2) is 35.2 Å². The number of hydrogen-bond donors (Lipinski definition) is 1. The predicted octanol–water partition coefficient (Wildman–Crippen LogP) is -0.636. The summed E-state index contributed by atoms with van der Waals surface area (Å²) in [6, 6.07) is 1.33. The summed E-state index contributed by atoms with van der Waals surface area (Å²) < 4.78 is 1.75. The number of hydrogen-bond acceptors (Lipinski definition) is 3. The second-order valence-electron chi connectivity index (χ2n) is 3.44. The van der Waals surface area contributed by atoms with E-state index in [0.717, 1.165) is 5.82 Å². The highest BCUT2D eigenvalue weighted by atomic mass is 16.2. The van der Waals surface area contributed by atoms with Crippen molar-refractivity contribution in [1.82, 2.24) is 15.1 Å². The molecule has 6 nitrogen and oxygen atoms in total. The molecule has 6 heteroatoms. The number of anilines is 1. The van der Waals surface area contributed by atoms with E-state index in [9.17, 15) is 9.59 Å². The molecule has 2 amide bonds. The molecule has 0 saturated carbocycles. The lowest BCUT2D eigenvalue weighted by Gasteiger charge is -2.18. The Morgan fingerprint density at radius 1 is 1.67 bits per heavy atom. The van der Waals surface area contributed by atoms with Gasteiger partial charge in [0.05, 0.1) is 6.20 Å². The van der Waals surface area contributed by atoms with E-state index in [4.69, 9.17) is 0 Å². The predicted molar refractivity (Wildman–Crippen MR) is 53.2 cm³/mol. The summed E-state index contributed by atoms with van der Waals surface area (Å²) in [5.41, 5.74) is 0. The maximum atomic E-state index is 11.9. The van der Waals surface area contributed by atoms with Gasteiger partial charge in [0.15, 0.2) is 0 Å². The lowest BCUT2D eigenvalue weighted by atomic mass is 10.2. The summed E-state index contributed by atoms with van der Waals surface area (Å²) in [5.74, 6) is 0.650. The van der Waals surface area contributed by atoms with E-state index in [1.165, 1.54) is 4.90 Å².